The van der Waals surface area contributed by atoms with E-state index in [4.69, 9.17) is 5.14 Å². The van der Waals surface area contributed by atoms with Crippen LogP contribution in [0.2, 0.25) is 0 Å². The number of hydrogen-bond acceptors (Lipinski definition) is 2. The summed E-state index contributed by atoms with van der Waals surface area (Å²) in [6.07, 6.45) is 2.16. The van der Waals surface area contributed by atoms with E-state index in [1.807, 2.05) is 20.8 Å². The molecule has 0 heterocycles. The van der Waals surface area contributed by atoms with Gasteiger partial charge in [0.05, 0.1) is 4.75 Å². The molecule has 1 rings (SSSR count). The lowest BCUT2D eigenvalue weighted by Gasteiger charge is -2.23. The number of primary sulfonamides is 1. The summed E-state index contributed by atoms with van der Waals surface area (Å²) in [6.45, 7) is 6.12. The Bertz CT molecular complexity index is 270. The Morgan fingerprint density at radius 2 is 1.75 bits per heavy atom. The molecule has 0 bridgehead atoms. The second-order valence-electron chi connectivity index (χ2n) is 4.97. The second kappa shape index (κ2) is 2.45. The smallest absolute Gasteiger partial charge is 0.214 e. The van der Waals surface area contributed by atoms with Gasteiger partial charge in [-0.2, -0.15) is 0 Å². The fourth-order valence-corrected chi connectivity index (χ4v) is 2.97. The predicted molar refractivity (Wildman–Crippen MR) is 49.1 cm³/mol. The Kier molecular flexibility index (Phi) is 2.04. The standard InChI is InChI=1S/C8H17NO2S/c1-7(2,3)6-8(4-5-8)12(9,10)11/h4-6H2,1-3H3,(H2,9,10,11). The van der Waals surface area contributed by atoms with Gasteiger partial charge in [-0.3, -0.25) is 0 Å². The molecule has 1 aliphatic carbocycles. The summed E-state index contributed by atoms with van der Waals surface area (Å²) in [5.74, 6) is 0. The van der Waals surface area contributed by atoms with Crippen molar-refractivity contribution in [1.82, 2.24) is 0 Å². The van der Waals surface area contributed by atoms with Crippen LogP contribution < -0.4 is 5.14 Å². The predicted octanol–water partition coefficient (Wildman–Crippen LogP) is 1.24. The van der Waals surface area contributed by atoms with Gasteiger partial charge >= 0.3 is 0 Å². The van der Waals surface area contributed by atoms with Gasteiger partial charge in [0.2, 0.25) is 10.0 Å². The maximum absolute atomic E-state index is 11.2. The molecular weight excluding hydrogens is 174 g/mol. The number of sulfonamides is 1. The van der Waals surface area contributed by atoms with Gasteiger partial charge in [-0.05, 0) is 24.7 Å². The van der Waals surface area contributed by atoms with E-state index in [2.05, 4.69) is 0 Å². The lowest BCUT2D eigenvalue weighted by Crippen LogP contribution is -2.34. The average Bonchev–Trinajstić information content (AvgIpc) is 2.39. The largest absolute Gasteiger partial charge is 0.228 e. The molecule has 0 saturated heterocycles. The molecule has 0 spiro atoms. The summed E-state index contributed by atoms with van der Waals surface area (Å²) in [5.41, 5.74) is 0.0446. The molecule has 0 radical (unpaired) electrons. The van der Waals surface area contributed by atoms with Gasteiger partial charge in [-0.1, -0.05) is 20.8 Å². The van der Waals surface area contributed by atoms with E-state index < -0.39 is 14.8 Å². The molecule has 1 fully saturated rings. The minimum Gasteiger partial charge on any atom is -0.228 e. The first kappa shape index (κ1) is 9.99. The lowest BCUT2D eigenvalue weighted by molar-refractivity contribution is 0.359. The molecule has 4 heteroatoms. The van der Waals surface area contributed by atoms with Crippen LogP contribution in [0.1, 0.15) is 40.0 Å². The van der Waals surface area contributed by atoms with E-state index >= 15 is 0 Å². The Morgan fingerprint density at radius 3 is 1.83 bits per heavy atom. The zero-order valence-electron chi connectivity index (χ0n) is 7.92. The molecule has 72 valence electrons. The van der Waals surface area contributed by atoms with Gasteiger partial charge < -0.3 is 0 Å². The van der Waals surface area contributed by atoms with Crippen LogP contribution >= 0.6 is 0 Å². The SMILES string of the molecule is CC(C)(C)CC1(S(N)(=O)=O)CC1. The first-order valence-electron chi connectivity index (χ1n) is 4.19. The molecular formula is C8H17NO2S. The van der Waals surface area contributed by atoms with Gasteiger partial charge in [-0.25, -0.2) is 13.6 Å². The Hall–Kier alpha value is -0.0900. The molecule has 2 N–H and O–H groups in total. The molecule has 0 amide bonds. The van der Waals surface area contributed by atoms with Crippen molar-refractivity contribution in [3.63, 3.8) is 0 Å². The number of nitrogens with two attached hydrogens (primary N) is 1. The van der Waals surface area contributed by atoms with Crippen molar-refractivity contribution in [3.8, 4) is 0 Å². The van der Waals surface area contributed by atoms with Crippen LogP contribution in [0.3, 0.4) is 0 Å². The molecule has 3 nitrogen and oxygen atoms in total. The number of hydrogen-bond donors (Lipinski definition) is 1. The molecule has 0 unspecified atom stereocenters. The van der Waals surface area contributed by atoms with Gasteiger partial charge in [0.15, 0.2) is 0 Å². The molecule has 0 atom stereocenters. The van der Waals surface area contributed by atoms with Crippen molar-refractivity contribution < 1.29 is 8.42 Å². The summed E-state index contributed by atoms with van der Waals surface area (Å²) in [7, 11) is -3.32. The van der Waals surface area contributed by atoms with E-state index in [1.54, 1.807) is 0 Å². The maximum Gasteiger partial charge on any atom is 0.214 e. The summed E-state index contributed by atoms with van der Waals surface area (Å²) in [4.78, 5) is 0. The van der Waals surface area contributed by atoms with Gasteiger partial charge in [-0.15, -0.1) is 0 Å². The van der Waals surface area contributed by atoms with E-state index in [0.29, 0.717) is 6.42 Å². The molecule has 0 aromatic heterocycles. The summed E-state index contributed by atoms with van der Waals surface area (Å²) >= 11 is 0. The monoisotopic (exact) mass is 191 g/mol. The Labute approximate surface area is 74.4 Å². The average molecular weight is 191 g/mol. The Balaban J connectivity index is 2.77. The van der Waals surface area contributed by atoms with E-state index in [0.717, 1.165) is 12.8 Å². The topological polar surface area (TPSA) is 60.2 Å². The van der Waals surface area contributed by atoms with Crippen molar-refractivity contribution in [2.45, 2.75) is 44.8 Å². The molecule has 0 aliphatic heterocycles. The fourth-order valence-electron chi connectivity index (χ4n) is 1.67. The molecule has 0 aromatic rings. The van der Waals surface area contributed by atoms with Crippen LogP contribution in [0, 0.1) is 5.41 Å². The van der Waals surface area contributed by atoms with E-state index in [1.165, 1.54) is 0 Å². The van der Waals surface area contributed by atoms with E-state index in [9.17, 15) is 8.42 Å². The summed E-state index contributed by atoms with van der Waals surface area (Å²) in [6, 6.07) is 0. The normalized spacial score (nSPS) is 22.3. The highest BCUT2D eigenvalue weighted by molar-refractivity contribution is 7.90. The van der Waals surface area contributed by atoms with E-state index in [-0.39, 0.29) is 5.41 Å². The van der Waals surface area contributed by atoms with Gasteiger partial charge in [0, 0.05) is 0 Å². The van der Waals surface area contributed by atoms with Crippen LogP contribution in [-0.2, 0) is 10.0 Å². The van der Waals surface area contributed by atoms with Crippen LogP contribution in [0.4, 0.5) is 0 Å². The Morgan fingerprint density at radius 1 is 1.33 bits per heavy atom. The zero-order valence-corrected chi connectivity index (χ0v) is 8.74. The molecule has 1 aliphatic rings. The summed E-state index contributed by atoms with van der Waals surface area (Å²) in [5, 5.41) is 5.16. The second-order valence-corrected chi connectivity index (χ2v) is 6.92. The third kappa shape index (κ3) is 1.98. The van der Waals surface area contributed by atoms with Crippen molar-refractivity contribution in [1.29, 1.82) is 0 Å². The van der Waals surface area contributed by atoms with Crippen molar-refractivity contribution in [3.05, 3.63) is 0 Å². The highest BCUT2D eigenvalue weighted by Crippen LogP contribution is 2.49. The van der Waals surface area contributed by atoms with Crippen LogP contribution in [-0.4, -0.2) is 13.2 Å². The van der Waals surface area contributed by atoms with Gasteiger partial charge in [0.25, 0.3) is 0 Å². The summed E-state index contributed by atoms with van der Waals surface area (Å²) < 4.78 is 21.8. The zero-order chi connectivity index (χ0) is 9.62. The van der Waals surface area contributed by atoms with Crippen LogP contribution in [0.15, 0.2) is 0 Å². The first-order chi connectivity index (χ1) is 5.16. The molecule has 1 saturated carbocycles. The van der Waals surface area contributed by atoms with Gasteiger partial charge in [0.1, 0.15) is 0 Å². The van der Waals surface area contributed by atoms with Crippen LogP contribution in [0.5, 0.6) is 0 Å². The van der Waals surface area contributed by atoms with Crippen molar-refractivity contribution in [2.75, 3.05) is 0 Å². The minimum absolute atomic E-state index is 0.0446. The van der Waals surface area contributed by atoms with Crippen molar-refractivity contribution in [2.24, 2.45) is 10.6 Å². The minimum atomic E-state index is -3.32. The van der Waals surface area contributed by atoms with Crippen LogP contribution in [0.25, 0.3) is 0 Å². The third-order valence-electron chi connectivity index (χ3n) is 2.26. The molecule has 0 aromatic carbocycles. The highest BCUT2D eigenvalue weighted by atomic mass is 32.2. The quantitative estimate of drug-likeness (QED) is 0.714. The highest BCUT2D eigenvalue weighted by Gasteiger charge is 2.54. The third-order valence-corrected chi connectivity index (χ3v) is 4.02. The number of rotatable bonds is 2. The maximum atomic E-state index is 11.2. The molecule has 12 heavy (non-hydrogen) atoms. The first-order valence-corrected chi connectivity index (χ1v) is 5.73. The fraction of sp³-hybridized carbons (Fsp3) is 1.00. The van der Waals surface area contributed by atoms with Crippen molar-refractivity contribution >= 4 is 10.0 Å². The lowest BCUT2D eigenvalue weighted by atomic mass is 9.89.